The number of benzene rings is 1. The summed E-state index contributed by atoms with van der Waals surface area (Å²) in [5.41, 5.74) is 8.82. The smallest absolute Gasteiger partial charge is 0.321 e. The first-order valence-electron chi connectivity index (χ1n) is 5.22. The van der Waals surface area contributed by atoms with Crippen molar-refractivity contribution >= 4 is 23.3 Å². The standard InChI is InChI=1S/C12H14ClN3O2/c1-7(17)18-16-12(2,3)9-4-8(6-14)11(15)10(13)5-9/h4-5,16H,15H2,1-3H3. The third kappa shape index (κ3) is 3.13. The first-order chi connectivity index (χ1) is 8.27. The maximum Gasteiger partial charge on any atom is 0.321 e. The molecule has 0 spiro atoms. The van der Waals surface area contributed by atoms with Crippen molar-refractivity contribution in [1.29, 1.82) is 5.26 Å². The van der Waals surface area contributed by atoms with Crippen molar-refractivity contribution in [2.45, 2.75) is 26.3 Å². The highest BCUT2D eigenvalue weighted by Gasteiger charge is 2.24. The molecule has 0 amide bonds. The van der Waals surface area contributed by atoms with Gasteiger partial charge in [-0.05, 0) is 31.5 Å². The van der Waals surface area contributed by atoms with Gasteiger partial charge in [0, 0.05) is 6.92 Å². The lowest BCUT2D eigenvalue weighted by Crippen LogP contribution is -2.37. The van der Waals surface area contributed by atoms with Gasteiger partial charge in [0.1, 0.15) is 6.07 Å². The molecule has 0 radical (unpaired) electrons. The number of nitrogens with zero attached hydrogens (tertiary/aromatic N) is 1. The molecule has 0 atom stereocenters. The van der Waals surface area contributed by atoms with Crippen LogP contribution < -0.4 is 11.2 Å². The van der Waals surface area contributed by atoms with Crippen LogP contribution in [0.15, 0.2) is 12.1 Å². The lowest BCUT2D eigenvalue weighted by Gasteiger charge is -2.26. The second-order valence-electron chi connectivity index (χ2n) is 4.35. The molecule has 0 bridgehead atoms. The maximum absolute atomic E-state index is 10.8. The maximum atomic E-state index is 10.8. The fourth-order valence-corrected chi connectivity index (χ4v) is 1.55. The summed E-state index contributed by atoms with van der Waals surface area (Å²) in [5, 5.41) is 9.25. The normalized spacial score (nSPS) is 10.8. The number of nitrogens with two attached hydrogens (primary N) is 1. The monoisotopic (exact) mass is 267 g/mol. The molecule has 0 aliphatic heterocycles. The van der Waals surface area contributed by atoms with Crippen LogP contribution in [0.1, 0.15) is 31.9 Å². The molecule has 0 aliphatic carbocycles. The molecule has 3 N–H and O–H groups in total. The van der Waals surface area contributed by atoms with Gasteiger partial charge in [0.25, 0.3) is 0 Å². The minimum Gasteiger partial charge on any atom is -0.396 e. The Morgan fingerprint density at radius 1 is 1.56 bits per heavy atom. The van der Waals surface area contributed by atoms with Crippen LogP contribution >= 0.6 is 11.6 Å². The van der Waals surface area contributed by atoms with Crippen molar-refractivity contribution in [3.05, 3.63) is 28.3 Å². The number of nitrogens with one attached hydrogen (secondary N) is 1. The lowest BCUT2D eigenvalue weighted by atomic mass is 9.93. The largest absolute Gasteiger partial charge is 0.396 e. The van der Waals surface area contributed by atoms with Crippen LogP contribution in [0.25, 0.3) is 0 Å². The van der Waals surface area contributed by atoms with Crippen molar-refractivity contribution in [1.82, 2.24) is 5.48 Å². The number of carbonyl (C=O) groups excluding carboxylic acids is 1. The van der Waals surface area contributed by atoms with Gasteiger partial charge in [-0.2, -0.15) is 5.26 Å². The number of rotatable bonds is 3. The van der Waals surface area contributed by atoms with Crippen LogP contribution in [-0.4, -0.2) is 5.97 Å². The average Bonchev–Trinajstić information content (AvgIpc) is 2.30. The summed E-state index contributed by atoms with van der Waals surface area (Å²) in [7, 11) is 0. The molecule has 6 heteroatoms. The third-order valence-electron chi connectivity index (χ3n) is 2.42. The molecule has 0 fully saturated rings. The second-order valence-corrected chi connectivity index (χ2v) is 4.76. The van der Waals surface area contributed by atoms with E-state index in [1.54, 1.807) is 26.0 Å². The molecule has 18 heavy (non-hydrogen) atoms. The molecule has 1 rings (SSSR count). The summed E-state index contributed by atoms with van der Waals surface area (Å²) >= 11 is 5.95. The number of hydrogen-bond donors (Lipinski definition) is 2. The minimum absolute atomic E-state index is 0.242. The van der Waals surface area contributed by atoms with E-state index in [0.717, 1.165) is 0 Å². The molecule has 0 unspecified atom stereocenters. The highest BCUT2D eigenvalue weighted by atomic mass is 35.5. The molecule has 0 saturated carbocycles. The minimum atomic E-state index is -0.686. The van der Waals surface area contributed by atoms with Gasteiger partial charge in [0.2, 0.25) is 0 Å². The molecule has 96 valence electrons. The zero-order valence-corrected chi connectivity index (χ0v) is 11.1. The summed E-state index contributed by atoms with van der Waals surface area (Å²) in [4.78, 5) is 15.5. The first-order valence-corrected chi connectivity index (χ1v) is 5.60. The third-order valence-corrected chi connectivity index (χ3v) is 2.73. The first kappa shape index (κ1) is 14.3. The topological polar surface area (TPSA) is 88.1 Å². The Morgan fingerprint density at radius 3 is 2.67 bits per heavy atom. The Labute approximate surface area is 110 Å². The fraction of sp³-hybridized carbons (Fsp3) is 0.333. The molecular formula is C12H14ClN3O2. The molecule has 0 heterocycles. The van der Waals surface area contributed by atoms with E-state index in [2.05, 4.69) is 5.48 Å². The highest BCUT2D eigenvalue weighted by molar-refractivity contribution is 6.33. The molecule has 1 aromatic carbocycles. The Balaban J connectivity index is 3.13. The van der Waals surface area contributed by atoms with Gasteiger partial charge in [0.15, 0.2) is 0 Å². The Bertz CT molecular complexity index is 521. The van der Waals surface area contributed by atoms with Gasteiger partial charge in [0.05, 0.1) is 21.8 Å². The van der Waals surface area contributed by atoms with Gasteiger partial charge in [-0.1, -0.05) is 11.6 Å². The summed E-state index contributed by atoms with van der Waals surface area (Å²) in [6.07, 6.45) is 0. The van der Waals surface area contributed by atoms with Gasteiger partial charge in [-0.15, -0.1) is 5.48 Å². The van der Waals surface area contributed by atoms with Crippen LogP contribution in [0, 0.1) is 11.3 Å². The number of hydroxylamine groups is 1. The van der Waals surface area contributed by atoms with E-state index in [1.165, 1.54) is 6.92 Å². The zero-order chi connectivity index (χ0) is 13.9. The summed E-state index contributed by atoms with van der Waals surface area (Å²) in [6.45, 7) is 4.87. The van der Waals surface area contributed by atoms with Crippen molar-refractivity contribution in [2.24, 2.45) is 0 Å². The van der Waals surface area contributed by atoms with Crippen LogP contribution in [0.4, 0.5) is 5.69 Å². The van der Waals surface area contributed by atoms with Crippen LogP contribution in [0.3, 0.4) is 0 Å². The van der Waals surface area contributed by atoms with E-state index >= 15 is 0 Å². The van der Waals surface area contributed by atoms with E-state index in [1.807, 2.05) is 6.07 Å². The summed E-state index contributed by atoms with van der Waals surface area (Å²) in [6, 6.07) is 5.21. The van der Waals surface area contributed by atoms with Crippen LogP contribution in [0.5, 0.6) is 0 Å². The van der Waals surface area contributed by atoms with Crippen molar-refractivity contribution in [3.8, 4) is 6.07 Å². The van der Waals surface area contributed by atoms with Gasteiger partial charge < -0.3 is 10.6 Å². The summed E-state index contributed by atoms with van der Waals surface area (Å²) < 4.78 is 0. The van der Waals surface area contributed by atoms with Crippen LogP contribution in [0.2, 0.25) is 5.02 Å². The predicted molar refractivity (Wildman–Crippen MR) is 68.5 cm³/mol. The predicted octanol–water partition coefficient (Wildman–Crippen LogP) is 2.10. The van der Waals surface area contributed by atoms with E-state index in [4.69, 9.17) is 27.4 Å². The zero-order valence-electron chi connectivity index (χ0n) is 10.4. The quantitative estimate of drug-likeness (QED) is 0.647. The number of nitriles is 1. The van der Waals surface area contributed by atoms with E-state index < -0.39 is 11.5 Å². The Kier molecular flexibility index (Phi) is 4.17. The highest BCUT2D eigenvalue weighted by Crippen LogP contribution is 2.30. The second kappa shape index (κ2) is 5.25. The van der Waals surface area contributed by atoms with E-state index in [-0.39, 0.29) is 11.3 Å². The van der Waals surface area contributed by atoms with Crippen molar-refractivity contribution in [2.75, 3.05) is 5.73 Å². The average molecular weight is 268 g/mol. The van der Waals surface area contributed by atoms with Gasteiger partial charge >= 0.3 is 5.97 Å². The number of anilines is 1. The molecule has 0 saturated heterocycles. The van der Waals surface area contributed by atoms with Crippen molar-refractivity contribution < 1.29 is 9.63 Å². The van der Waals surface area contributed by atoms with Crippen molar-refractivity contribution in [3.63, 3.8) is 0 Å². The Hall–Kier alpha value is -1.77. The number of halogens is 1. The summed E-state index contributed by atoms with van der Waals surface area (Å²) in [5.74, 6) is -0.454. The fourth-order valence-electron chi connectivity index (χ4n) is 1.33. The molecular weight excluding hydrogens is 254 g/mol. The molecule has 0 aliphatic rings. The molecule has 5 nitrogen and oxygen atoms in total. The lowest BCUT2D eigenvalue weighted by molar-refractivity contribution is -0.153. The molecule has 1 aromatic rings. The number of carbonyl (C=O) groups is 1. The number of hydrogen-bond acceptors (Lipinski definition) is 5. The Morgan fingerprint density at radius 2 is 2.17 bits per heavy atom. The van der Waals surface area contributed by atoms with Gasteiger partial charge in [-0.25, -0.2) is 0 Å². The van der Waals surface area contributed by atoms with E-state index in [0.29, 0.717) is 10.6 Å². The van der Waals surface area contributed by atoms with Gasteiger partial charge in [-0.3, -0.25) is 4.79 Å². The molecule has 0 aromatic heterocycles. The van der Waals surface area contributed by atoms with E-state index in [9.17, 15) is 4.79 Å². The SMILES string of the molecule is CC(=O)ONC(C)(C)c1cc(Cl)c(N)c(C#N)c1. The number of nitrogen functional groups attached to an aromatic ring is 1. The van der Waals surface area contributed by atoms with Crippen LogP contribution in [-0.2, 0) is 15.2 Å².